The first-order valence-corrected chi connectivity index (χ1v) is 8.51. The lowest BCUT2D eigenvalue weighted by Crippen LogP contribution is -2.39. The molecule has 0 saturated carbocycles. The Hall–Kier alpha value is -2.20. The van der Waals surface area contributed by atoms with Gasteiger partial charge in [0.2, 0.25) is 5.91 Å². The first kappa shape index (κ1) is 19.1. The van der Waals surface area contributed by atoms with Crippen LogP contribution in [0.3, 0.4) is 0 Å². The van der Waals surface area contributed by atoms with E-state index in [4.69, 9.17) is 0 Å². The van der Waals surface area contributed by atoms with Gasteiger partial charge < -0.3 is 10.4 Å². The summed E-state index contributed by atoms with van der Waals surface area (Å²) in [6, 6.07) is 15.8. The maximum Gasteiger partial charge on any atom is 0.220 e. The van der Waals surface area contributed by atoms with E-state index in [0.717, 1.165) is 0 Å². The lowest BCUT2D eigenvalue weighted by molar-refractivity contribution is -0.122. The van der Waals surface area contributed by atoms with Gasteiger partial charge in [0.05, 0.1) is 6.54 Å². The SMILES string of the molecule is CC(C)(CCC(=O)NCC(C)(O)c1ccc(F)cc1)c1ccccc1. The maximum atomic E-state index is 13.0. The van der Waals surface area contributed by atoms with Gasteiger partial charge >= 0.3 is 0 Å². The van der Waals surface area contributed by atoms with Gasteiger partial charge in [-0.3, -0.25) is 4.79 Å². The molecule has 0 heterocycles. The van der Waals surface area contributed by atoms with Gasteiger partial charge in [-0.1, -0.05) is 56.3 Å². The van der Waals surface area contributed by atoms with Crippen molar-refractivity contribution in [3.8, 4) is 0 Å². The lowest BCUT2D eigenvalue weighted by atomic mass is 9.80. The van der Waals surface area contributed by atoms with E-state index in [0.29, 0.717) is 18.4 Å². The Morgan fingerprint density at radius 1 is 1.00 bits per heavy atom. The molecule has 0 spiro atoms. The maximum absolute atomic E-state index is 13.0. The van der Waals surface area contributed by atoms with Crippen LogP contribution in [-0.4, -0.2) is 17.6 Å². The Kier molecular flexibility index (Phi) is 5.96. The third kappa shape index (κ3) is 5.40. The number of hydrogen-bond acceptors (Lipinski definition) is 2. The van der Waals surface area contributed by atoms with Crippen LogP contribution >= 0.6 is 0 Å². The minimum absolute atomic E-state index is 0.0865. The monoisotopic (exact) mass is 343 g/mol. The highest BCUT2D eigenvalue weighted by Crippen LogP contribution is 2.28. The summed E-state index contributed by atoms with van der Waals surface area (Å²) in [6.45, 7) is 5.92. The van der Waals surface area contributed by atoms with Gasteiger partial charge in [0.25, 0.3) is 0 Å². The van der Waals surface area contributed by atoms with Crippen LogP contribution in [0.15, 0.2) is 54.6 Å². The van der Waals surface area contributed by atoms with E-state index in [9.17, 15) is 14.3 Å². The van der Waals surface area contributed by atoms with Crippen molar-refractivity contribution in [1.29, 1.82) is 0 Å². The van der Waals surface area contributed by atoms with Crippen molar-refractivity contribution in [2.24, 2.45) is 0 Å². The Bertz CT molecular complexity index is 694. The summed E-state index contributed by atoms with van der Waals surface area (Å²) in [7, 11) is 0. The smallest absolute Gasteiger partial charge is 0.220 e. The van der Waals surface area contributed by atoms with Gasteiger partial charge in [0.1, 0.15) is 11.4 Å². The zero-order valence-electron chi connectivity index (χ0n) is 15.1. The molecule has 0 aliphatic heterocycles. The van der Waals surface area contributed by atoms with Crippen LogP contribution < -0.4 is 5.32 Å². The normalized spacial score (nSPS) is 14.0. The molecule has 2 aromatic carbocycles. The summed E-state index contributed by atoms with van der Waals surface area (Å²) in [5, 5.41) is 13.3. The molecule has 0 aromatic heterocycles. The largest absolute Gasteiger partial charge is 0.384 e. The molecular formula is C21H26FNO2. The summed E-state index contributed by atoms with van der Waals surface area (Å²) >= 11 is 0. The molecule has 3 nitrogen and oxygen atoms in total. The highest BCUT2D eigenvalue weighted by atomic mass is 19.1. The van der Waals surface area contributed by atoms with Crippen molar-refractivity contribution >= 4 is 5.91 Å². The average molecular weight is 343 g/mol. The molecular weight excluding hydrogens is 317 g/mol. The number of rotatable bonds is 7. The lowest BCUT2D eigenvalue weighted by Gasteiger charge is -2.26. The van der Waals surface area contributed by atoms with Crippen molar-refractivity contribution in [2.45, 2.75) is 44.6 Å². The van der Waals surface area contributed by atoms with Gasteiger partial charge in [-0.05, 0) is 42.0 Å². The zero-order valence-corrected chi connectivity index (χ0v) is 15.1. The summed E-state index contributed by atoms with van der Waals surface area (Å²) in [4.78, 5) is 12.2. The number of benzene rings is 2. The third-order valence-electron chi connectivity index (χ3n) is 4.63. The fourth-order valence-corrected chi connectivity index (χ4v) is 2.73. The quantitative estimate of drug-likeness (QED) is 0.801. The second kappa shape index (κ2) is 7.79. The molecule has 0 fully saturated rings. The molecule has 0 bridgehead atoms. The first-order chi connectivity index (χ1) is 11.7. The van der Waals surface area contributed by atoms with Crippen molar-refractivity contribution in [2.75, 3.05) is 6.54 Å². The Labute approximate surface area is 148 Å². The van der Waals surface area contributed by atoms with Crippen LogP contribution in [0, 0.1) is 5.82 Å². The predicted molar refractivity (Wildman–Crippen MR) is 97.7 cm³/mol. The molecule has 0 aliphatic rings. The highest BCUT2D eigenvalue weighted by molar-refractivity contribution is 5.76. The summed E-state index contributed by atoms with van der Waals surface area (Å²) in [5.41, 5.74) is 0.427. The molecule has 0 radical (unpaired) electrons. The number of carbonyl (C=O) groups excluding carboxylic acids is 1. The predicted octanol–water partition coefficient (Wildman–Crippen LogP) is 3.91. The van der Waals surface area contributed by atoms with Crippen LogP contribution in [0.5, 0.6) is 0 Å². The second-order valence-corrected chi connectivity index (χ2v) is 7.31. The topological polar surface area (TPSA) is 49.3 Å². The van der Waals surface area contributed by atoms with E-state index >= 15 is 0 Å². The molecule has 2 rings (SSSR count). The standard InChI is InChI=1S/C21H26FNO2/c1-20(2,16-7-5-4-6-8-16)14-13-19(24)23-15-21(3,25)17-9-11-18(22)12-10-17/h4-12,25H,13-15H2,1-3H3,(H,23,24). The van der Waals surface area contributed by atoms with Gasteiger partial charge in [-0.15, -0.1) is 0 Å². The summed E-state index contributed by atoms with van der Waals surface area (Å²) in [5.74, 6) is -0.460. The van der Waals surface area contributed by atoms with Crippen LogP contribution in [0.4, 0.5) is 4.39 Å². The molecule has 134 valence electrons. The number of halogens is 1. The van der Waals surface area contributed by atoms with Crippen LogP contribution in [0.25, 0.3) is 0 Å². The van der Waals surface area contributed by atoms with Gasteiger partial charge in [-0.2, -0.15) is 0 Å². The molecule has 25 heavy (non-hydrogen) atoms. The number of aliphatic hydroxyl groups is 1. The minimum Gasteiger partial charge on any atom is -0.384 e. The molecule has 2 N–H and O–H groups in total. The molecule has 0 saturated heterocycles. The minimum atomic E-state index is -1.24. The first-order valence-electron chi connectivity index (χ1n) is 8.51. The van der Waals surface area contributed by atoms with Crippen molar-refractivity contribution < 1.29 is 14.3 Å². The molecule has 0 aliphatic carbocycles. The zero-order chi connectivity index (χ0) is 18.5. The van der Waals surface area contributed by atoms with Crippen LogP contribution in [-0.2, 0) is 15.8 Å². The van der Waals surface area contributed by atoms with E-state index < -0.39 is 5.60 Å². The fraction of sp³-hybridized carbons (Fsp3) is 0.381. The molecule has 1 amide bonds. The van der Waals surface area contributed by atoms with Crippen molar-refractivity contribution in [3.63, 3.8) is 0 Å². The molecule has 4 heteroatoms. The molecule has 2 aromatic rings. The Morgan fingerprint density at radius 2 is 1.60 bits per heavy atom. The molecule has 1 unspecified atom stereocenters. The van der Waals surface area contributed by atoms with E-state index in [2.05, 4.69) is 31.3 Å². The van der Waals surface area contributed by atoms with Gasteiger partial charge in [-0.25, -0.2) is 4.39 Å². The second-order valence-electron chi connectivity index (χ2n) is 7.31. The van der Waals surface area contributed by atoms with Crippen molar-refractivity contribution in [1.82, 2.24) is 5.32 Å². The third-order valence-corrected chi connectivity index (χ3v) is 4.63. The average Bonchev–Trinajstić information content (AvgIpc) is 2.59. The number of amides is 1. The van der Waals surface area contributed by atoms with E-state index in [1.807, 2.05) is 18.2 Å². The number of hydrogen-bond donors (Lipinski definition) is 2. The van der Waals surface area contributed by atoms with E-state index in [1.165, 1.54) is 29.8 Å². The van der Waals surface area contributed by atoms with Gasteiger partial charge in [0, 0.05) is 6.42 Å². The highest BCUT2D eigenvalue weighted by Gasteiger charge is 2.25. The van der Waals surface area contributed by atoms with Crippen LogP contribution in [0.2, 0.25) is 0 Å². The van der Waals surface area contributed by atoms with Crippen molar-refractivity contribution in [3.05, 3.63) is 71.5 Å². The number of nitrogens with one attached hydrogen (secondary N) is 1. The van der Waals surface area contributed by atoms with Gasteiger partial charge in [0.15, 0.2) is 0 Å². The summed E-state index contributed by atoms with van der Waals surface area (Å²) < 4.78 is 13.0. The Balaban J connectivity index is 1.87. The number of carbonyl (C=O) groups is 1. The fourth-order valence-electron chi connectivity index (χ4n) is 2.73. The Morgan fingerprint density at radius 3 is 2.20 bits per heavy atom. The molecule has 1 atom stereocenters. The van der Waals surface area contributed by atoms with E-state index in [1.54, 1.807) is 6.92 Å². The van der Waals surface area contributed by atoms with E-state index in [-0.39, 0.29) is 23.7 Å². The summed E-state index contributed by atoms with van der Waals surface area (Å²) in [6.07, 6.45) is 1.09. The van der Waals surface area contributed by atoms with Crippen LogP contribution in [0.1, 0.15) is 44.7 Å².